The van der Waals surface area contributed by atoms with E-state index in [-0.39, 0.29) is 6.29 Å². The van der Waals surface area contributed by atoms with Crippen LogP contribution in [0.15, 0.2) is 41.7 Å². The van der Waals surface area contributed by atoms with Crippen molar-refractivity contribution in [2.75, 3.05) is 5.75 Å². The molecule has 1 aliphatic heterocycles. The highest BCUT2D eigenvalue weighted by Gasteiger charge is 2.11. The van der Waals surface area contributed by atoms with Gasteiger partial charge in [0.2, 0.25) is 6.29 Å². The number of phenolic OH excluding ortho intramolecular Hbond substituents is 1. The van der Waals surface area contributed by atoms with E-state index >= 15 is 0 Å². The first kappa shape index (κ1) is 10.2. The van der Waals surface area contributed by atoms with Gasteiger partial charge in [-0.15, -0.1) is 11.8 Å². The van der Waals surface area contributed by atoms with E-state index in [1.54, 1.807) is 36.4 Å². The smallest absolute Gasteiger partial charge is 0.240 e. The van der Waals surface area contributed by atoms with Gasteiger partial charge in [-0.2, -0.15) is 0 Å². The Hall–Kier alpha value is -1.29. The highest BCUT2D eigenvalue weighted by molar-refractivity contribution is 7.99. The van der Waals surface area contributed by atoms with Gasteiger partial charge in [-0.05, 0) is 24.3 Å². The maximum absolute atomic E-state index is 9.10. The molecule has 1 aromatic carbocycles. The predicted octanol–water partition coefficient (Wildman–Crippen LogP) is 2.72. The van der Waals surface area contributed by atoms with E-state index in [1.807, 2.05) is 12.1 Å². The van der Waals surface area contributed by atoms with Crippen LogP contribution in [0.4, 0.5) is 0 Å². The molecule has 1 heterocycles. The van der Waals surface area contributed by atoms with Gasteiger partial charge in [0.05, 0.1) is 0 Å². The molecule has 0 radical (unpaired) electrons. The molecule has 0 aliphatic carbocycles. The van der Waals surface area contributed by atoms with Gasteiger partial charge in [0.1, 0.15) is 18.3 Å². The second kappa shape index (κ2) is 4.98. The van der Waals surface area contributed by atoms with E-state index in [0.29, 0.717) is 5.75 Å². The molecular formula is C11H12O3S. The van der Waals surface area contributed by atoms with Gasteiger partial charge in [-0.25, -0.2) is 0 Å². The normalized spacial score (nSPS) is 14.9. The molecule has 3 nitrogen and oxygen atoms in total. The fraction of sp³-hybridized carbons (Fsp3) is 0.273. The van der Waals surface area contributed by atoms with E-state index in [9.17, 15) is 0 Å². The summed E-state index contributed by atoms with van der Waals surface area (Å²) >= 11 is 1.72. The van der Waals surface area contributed by atoms with Crippen molar-refractivity contribution in [3.05, 3.63) is 36.8 Å². The van der Waals surface area contributed by atoms with E-state index in [2.05, 4.69) is 0 Å². The molecule has 80 valence electrons. The molecule has 0 bridgehead atoms. The molecule has 1 N–H and O–H groups in total. The zero-order valence-electron chi connectivity index (χ0n) is 8.13. The summed E-state index contributed by atoms with van der Waals surface area (Å²) in [5, 5.41) is 9.10. The second-order valence-corrected chi connectivity index (χ2v) is 4.27. The van der Waals surface area contributed by atoms with E-state index in [1.165, 1.54) is 0 Å². The summed E-state index contributed by atoms with van der Waals surface area (Å²) in [5.41, 5.74) is 0. The monoisotopic (exact) mass is 224 g/mol. The highest BCUT2D eigenvalue weighted by atomic mass is 32.2. The quantitative estimate of drug-likeness (QED) is 0.798. The van der Waals surface area contributed by atoms with Crippen molar-refractivity contribution in [3.63, 3.8) is 0 Å². The Morgan fingerprint density at radius 2 is 1.80 bits per heavy atom. The SMILES string of the molecule is Oc1ccc(SCCC2OC=CO2)cc1. The predicted molar refractivity (Wildman–Crippen MR) is 58.5 cm³/mol. The average molecular weight is 224 g/mol. The van der Waals surface area contributed by atoms with Crippen molar-refractivity contribution in [3.8, 4) is 5.75 Å². The molecule has 0 saturated carbocycles. The van der Waals surface area contributed by atoms with Gasteiger partial charge in [0, 0.05) is 17.1 Å². The third kappa shape index (κ3) is 3.09. The van der Waals surface area contributed by atoms with E-state index in [0.717, 1.165) is 17.1 Å². The topological polar surface area (TPSA) is 38.7 Å². The van der Waals surface area contributed by atoms with Gasteiger partial charge in [0.25, 0.3) is 0 Å². The van der Waals surface area contributed by atoms with Crippen molar-refractivity contribution in [2.45, 2.75) is 17.6 Å². The summed E-state index contributed by atoms with van der Waals surface area (Å²) in [6.45, 7) is 0. The fourth-order valence-electron chi connectivity index (χ4n) is 1.22. The Balaban J connectivity index is 1.71. The van der Waals surface area contributed by atoms with Crippen LogP contribution in [0, 0.1) is 0 Å². The lowest BCUT2D eigenvalue weighted by Crippen LogP contribution is -2.07. The number of hydrogen-bond donors (Lipinski definition) is 1. The van der Waals surface area contributed by atoms with Crippen LogP contribution in [0.2, 0.25) is 0 Å². The second-order valence-electron chi connectivity index (χ2n) is 3.10. The van der Waals surface area contributed by atoms with Crippen LogP contribution in [0.3, 0.4) is 0 Å². The molecule has 0 unspecified atom stereocenters. The number of aromatic hydroxyl groups is 1. The summed E-state index contributed by atoms with van der Waals surface area (Å²) < 4.78 is 10.3. The number of benzene rings is 1. The van der Waals surface area contributed by atoms with Crippen LogP contribution >= 0.6 is 11.8 Å². The average Bonchev–Trinajstić information content (AvgIpc) is 2.74. The van der Waals surface area contributed by atoms with Gasteiger partial charge in [-0.3, -0.25) is 0 Å². The molecule has 0 amide bonds. The van der Waals surface area contributed by atoms with Crippen LogP contribution in [0.1, 0.15) is 6.42 Å². The first-order valence-electron chi connectivity index (χ1n) is 4.72. The van der Waals surface area contributed by atoms with Gasteiger partial charge < -0.3 is 14.6 Å². The molecule has 0 spiro atoms. The number of phenols is 1. The van der Waals surface area contributed by atoms with Crippen molar-refractivity contribution in [1.29, 1.82) is 0 Å². The lowest BCUT2D eigenvalue weighted by atomic mass is 10.3. The maximum Gasteiger partial charge on any atom is 0.240 e. The van der Waals surface area contributed by atoms with Crippen LogP contribution in [-0.4, -0.2) is 17.1 Å². The Labute approximate surface area is 92.7 Å². The number of thioether (sulfide) groups is 1. The minimum Gasteiger partial charge on any atom is -0.508 e. The largest absolute Gasteiger partial charge is 0.508 e. The molecule has 1 aliphatic rings. The number of rotatable bonds is 4. The summed E-state index contributed by atoms with van der Waals surface area (Å²) in [6, 6.07) is 7.17. The maximum atomic E-state index is 9.10. The zero-order chi connectivity index (χ0) is 10.5. The van der Waals surface area contributed by atoms with Crippen LogP contribution in [-0.2, 0) is 9.47 Å². The summed E-state index contributed by atoms with van der Waals surface area (Å²) in [5.74, 6) is 1.22. The van der Waals surface area contributed by atoms with Crippen molar-refractivity contribution in [2.24, 2.45) is 0 Å². The minimum absolute atomic E-state index is 0.130. The number of ether oxygens (including phenoxy) is 2. The van der Waals surface area contributed by atoms with Gasteiger partial charge >= 0.3 is 0 Å². The standard InChI is InChI=1S/C11H12O3S/c12-9-1-3-10(4-2-9)15-8-5-11-13-6-7-14-11/h1-4,6-7,11-12H,5,8H2. The van der Waals surface area contributed by atoms with Gasteiger partial charge in [-0.1, -0.05) is 0 Å². The van der Waals surface area contributed by atoms with Crippen molar-refractivity contribution >= 4 is 11.8 Å². The summed E-state index contributed by atoms with van der Waals surface area (Å²) in [6.07, 6.45) is 3.85. The van der Waals surface area contributed by atoms with Crippen LogP contribution in [0.25, 0.3) is 0 Å². The molecule has 0 aromatic heterocycles. The Bertz CT molecular complexity index is 326. The van der Waals surface area contributed by atoms with Gasteiger partial charge in [0.15, 0.2) is 0 Å². The lowest BCUT2D eigenvalue weighted by molar-refractivity contribution is -0.0232. The molecule has 0 fully saturated rings. The lowest BCUT2D eigenvalue weighted by Gasteiger charge is -2.09. The molecular weight excluding hydrogens is 212 g/mol. The highest BCUT2D eigenvalue weighted by Crippen LogP contribution is 2.23. The molecule has 1 aromatic rings. The Morgan fingerprint density at radius 1 is 1.13 bits per heavy atom. The van der Waals surface area contributed by atoms with E-state index < -0.39 is 0 Å². The summed E-state index contributed by atoms with van der Waals surface area (Å²) in [7, 11) is 0. The zero-order valence-corrected chi connectivity index (χ0v) is 8.94. The molecule has 2 rings (SSSR count). The number of hydrogen-bond acceptors (Lipinski definition) is 4. The Kier molecular flexibility index (Phi) is 3.40. The minimum atomic E-state index is -0.130. The first-order chi connectivity index (χ1) is 7.34. The molecule has 15 heavy (non-hydrogen) atoms. The van der Waals surface area contributed by atoms with Crippen molar-refractivity contribution < 1.29 is 14.6 Å². The van der Waals surface area contributed by atoms with E-state index in [4.69, 9.17) is 14.6 Å². The molecule has 0 saturated heterocycles. The fourth-order valence-corrected chi connectivity index (χ4v) is 2.10. The van der Waals surface area contributed by atoms with Crippen LogP contribution in [0.5, 0.6) is 5.75 Å². The Morgan fingerprint density at radius 3 is 2.47 bits per heavy atom. The van der Waals surface area contributed by atoms with Crippen molar-refractivity contribution in [1.82, 2.24) is 0 Å². The molecule has 4 heteroatoms. The first-order valence-corrected chi connectivity index (χ1v) is 5.71. The summed E-state index contributed by atoms with van der Waals surface area (Å²) in [4.78, 5) is 1.14. The third-order valence-electron chi connectivity index (χ3n) is 1.98. The molecule has 0 atom stereocenters. The third-order valence-corrected chi connectivity index (χ3v) is 3.02. The van der Waals surface area contributed by atoms with Crippen LogP contribution < -0.4 is 0 Å².